The lowest BCUT2D eigenvalue weighted by Crippen LogP contribution is -2.14. The Hall–Kier alpha value is -2.56. The highest BCUT2D eigenvalue weighted by atomic mass is 79.9. The van der Waals surface area contributed by atoms with Gasteiger partial charge in [-0.25, -0.2) is 4.68 Å². The van der Waals surface area contributed by atoms with Gasteiger partial charge in [0.15, 0.2) is 5.69 Å². The van der Waals surface area contributed by atoms with Crippen LogP contribution >= 0.6 is 15.9 Å². The number of rotatable bonds is 4. The lowest BCUT2D eigenvalue weighted by Gasteiger charge is -2.02. The number of aryl methyl sites for hydroxylation is 1. The number of nitrogens with zero attached hydrogens (tertiary/aromatic N) is 3. The third-order valence-corrected chi connectivity index (χ3v) is 4.92. The highest BCUT2D eigenvalue weighted by Crippen LogP contribution is 2.21. The Labute approximate surface area is 157 Å². The number of H-pyrrole nitrogens is 1. The lowest BCUT2D eigenvalue weighted by molar-refractivity contribution is 0.483. The van der Waals surface area contributed by atoms with Crippen LogP contribution in [0.15, 0.2) is 72.9 Å². The third kappa shape index (κ3) is 3.82. The first kappa shape index (κ1) is 18.2. The van der Waals surface area contributed by atoms with Crippen molar-refractivity contribution in [3.63, 3.8) is 0 Å². The molecule has 0 amide bonds. The fourth-order valence-corrected chi connectivity index (χ4v) is 2.96. The number of aromatic amines is 1. The van der Waals surface area contributed by atoms with Gasteiger partial charge in [0.25, 0.3) is 15.7 Å². The van der Waals surface area contributed by atoms with Gasteiger partial charge in [-0.05, 0) is 55.5 Å². The first-order valence-corrected chi connectivity index (χ1v) is 9.56. The van der Waals surface area contributed by atoms with Gasteiger partial charge in [-0.1, -0.05) is 15.9 Å². The lowest BCUT2D eigenvalue weighted by atomic mass is 10.3. The molecule has 10 heteroatoms. The first-order chi connectivity index (χ1) is 12.3. The zero-order valence-corrected chi connectivity index (χ0v) is 15.8. The molecule has 0 saturated carbocycles. The van der Waals surface area contributed by atoms with Crippen LogP contribution in [0.3, 0.4) is 0 Å². The minimum absolute atomic E-state index is 0.145. The third-order valence-electron chi connectivity index (χ3n) is 3.53. The van der Waals surface area contributed by atoms with E-state index >= 15 is 0 Å². The van der Waals surface area contributed by atoms with Gasteiger partial charge in [0.2, 0.25) is 0 Å². The Morgan fingerprint density at radius 1 is 1.04 bits per heavy atom. The summed E-state index contributed by atoms with van der Waals surface area (Å²) in [5.74, 6) is 0. The Bertz CT molecular complexity index is 1130. The summed E-state index contributed by atoms with van der Waals surface area (Å²) < 4.78 is 33.3. The summed E-state index contributed by atoms with van der Waals surface area (Å²) >= 11 is 3.33. The van der Waals surface area contributed by atoms with Gasteiger partial charge in [0, 0.05) is 4.47 Å². The van der Waals surface area contributed by atoms with Crippen LogP contribution in [0.25, 0.3) is 5.69 Å². The normalized spacial score (nSPS) is 12.0. The number of nitrogens with one attached hydrogen (secondary N) is 1. The van der Waals surface area contributed by atoms with E-state index < -0.39 is 15.7 Å². The summed E-state index contributed by atoms with van der Waals surface area (Å²) in [4.78, 5) is 12.3. The zero-order chi connectivity index (χ0) is 18.9. The molecule has 0 aliphatic rings. The second-order valence-electron chi connectivity index (χ2n) is 5.37. The van der Waals surface area contributed by atoms with E-state index in [1.54, 1.807) is 19.1 Å². The molecule has 0 radical (unpaired) electrons. The average Bonchev–Trinajstić information content (AvgIpc) is 2.88. The molecular weight excluding hydrogens is 424 g/mol. The van der Waals surface area contributed by atoms with Crippen molar-refractivity contribution in [2.24, 2.45) is 10.2 Å². The van der Waals surface area contributed by atoms with Crippen LogP contribution < -0.4 is 5.56 Å². The predicted octanol–water partition coefficient (Wildman–Crippen LogP) is 3.90. The quantitative estimate of drug-likeness (QED) is 0.476. The van der Waals surface area contributed by atoms with Crippen molar-refractivity contribution in [1.82, 2.24) is 9.78 Å². The second kappa shape index (κ2) is 6.98. The predicted molar refractivity (Wildman–Crippen MR) is 99.3 cm³/mol. The fraction of sp³-hybridized carbons (Fsp3) is 0.0625. The average molecular weight is 437 g/mol. The van der Waals surface area contributed by atoms with E-state index in [1.807, 2.05) is 12.1 Å². The summed E-state index contributed by atoms with van der Waals surface area (Å²) in [6.45, 7) is 1.68. The zero-order valence-electron chi connectivity index (χ0n) is 13.4. The molecule has 1 aromatic heterocycles. The molecule has 1 heterocycles. The molecule has 0 fully saturated rings. The molecule has 134 valence electrons. The standard InChI is InChI=1S/C16H13BrN4O4S/c1-10-15(19-18-12-4-2-11(17)3-5-12)16(22)21(20-10)13-6-8-14(9-7-13)26(23,24)25/h2-9,20H,1H3,(H,23,24,25). The Morgan fingerprint density at radius 3 is 2.23 bits per heavy atom. The van der Waals surface area contributed by atoms with Crippen molar-refractivity contribution >= 4 is 37.4 Å². The van der Waals surface area contributed by atoms with E-state index in [1.165, 1.54) is 28.9 Å². The summed E-state index contributed by atoms with van der Waals surface area (Å²) in [5.41, 5.74) is 1.22. The molecule has 0 atom stereocenters. The number of aromatic nitrogens is 2. The van der Waals surface area contributed by atoms with Gasteiger partial charge in [0.05, 0.1) is 22.0 Å². The summed E-state index contributed by atoms with van der Waals surface area (Å²) in [5, 5.41) is 10.9. The van der Waals surface area contributed by atoms with Crippen LogP contribution in [-0.4, -0.2) is 22.8 Å². The summed E-state index contributed by atoms with van der Waals surface area (Å²) in [7, 11) is -4.29. The van der Waals surface area contributed by atoms with Crippen molar-refractivity contribution in [3.8, 4) is 5.69 Å². The van der Waals surface area contributed by atoms with Crippen LogP contribution in [-0.2, 0) is 10.1 Å². The molecule has 8 nitrogen and oxygen atoms in total. The van der Waals surface area contributed by atoms with E-state index in [0.717, 1.165) is 4.47 Å². The minimum Gasteiger partial charge on any atom is -0.293 e. The van der Waals surface area contributed by atoms with Crippen molar-refractivity contribution in [1.29, 1.82) is 0 Å². The molecule has 3 rings (SSSR count). The van der Waals surface area contributed by atoms with Crippen LogP contribution in [0.1, 0.15) is 5.69 Å². The van der Waals surface area contributed by atoms with Gasteiger partial charge in [0.1, 0.15) is 0 Å². The molecule has 3 aromatic rings. The molecule has 0 spiro atoms. The molecule has 2 N–H and O–H groups in total. The summed E-state index contributed by atoms with van der Waals surface area (Å²) in [6, 6.07) is 12.3. The Kier molecular flexibility index (Phi) is 4.90. The van der Waals surface area contributed by atoms with Crippen molar-refractivity contribution in [2.75, 3.05) is 0 Å². The van der Waals surface area contributed by atoms with Gasteiger partial charge >= 0.3 is 0 Å². The Morgan fingerprint density at radius 2 is 1.65 bits per heavy atom. The molecule has 0 aliphatic heterocycles. The molecule has 2 aromatic carbocycles. The van der Waals surface area contributed by atoms with Gasteiger partial charge < -0.3 is 0 Å². The van der Waals surface area contributed by atoms with Crippen LogP contribution in [0.2, 0.25) is 0 Å². The molecule has 26 heavy (non-hydrogen) atoms. The van der Waals surface area contributed by atoms with Crippen LogP contribution in [0.5, 0.6) is 0 Å². The number of hydrogen-bond donors (Lipinski definition) is 2. The van der Waals surface area contributed by atoms with E-state index in [2.05, 4.69) is 31.3 Å². The maximum absolute atomic E-state index is 12.6. The topological polar surface area (TPSA) is 117 Å². The van der Waals surface area contributed by atoms with Crippen LogP contribution in [0, 0.1) is 6.92 Å². The van der Waals surface area contributed by atoms with Crippen LogP contribution in [0.4, 0.5) is 11.4 Å². The molecule has 0 bridgehead atoms. The number of benzene rings is 2. The molecule has 0 aliphatic carbocycles. The molecular formula is C16H13BrN4O4S. The van der Waals surface area contributed by atoms with Gasteiger partial charge in [-0.2, -0.15) is 13.5 Å². The number of azo groups is 1. The minimum atomic E-state index is -4.29. The maximum Gasteiger partial charge on any atom is 0.299 e. The Balaban J connectivity index is 1.95. The SMILES string of the molecule is Cc1[nH]n(-c2ccc(S(=O)(=O)O)cc2)c(=O)c1N=Nc1ccc(Br)cc1. The van der Waals surface area contributed by atoms with Crippen molar-refractivity contribution < 1.29 is 13.0 Å². The number of halogens is 1. The van der Waals surface area contributed by atoms with E-state index in [9.17, 15) is 13.2 Å². The highest BCUT2D eigenvalue weighted by molar-refractivity contribution is 9.10. The largest absolute Gasteiger partial charge is 0.299 e. The van der Waals surface area contributed by atoms with Crippen molar-refractivity contribution in [3.05, 3.63) is 69.1 Å². The molecule has 0 unspecified atom stereocenters. The second-order valence-corrected chi connectivity index (χ2v) is 7.71. The summed E-state index contributed by atoms with van der Waals surface area (Å²) in [6.07, 6.45) is 0. The highest BCUT2D eigenvalue weighted by Gasteiger charge is 2.14. The van der Waals surface area contributed by atoms with E-state index in [-0.39, 0.29) is 10.6 Å². The van der Waals surface area contributed by atoms with Gasteiger partial charge in [-0.3, -0.25) is 14.4 Å². The molecule has 0 saturated heterocycles. The smallest absolute Gasteiger partial charge is 0.293 e. The number of hydrogen-bond acceptors (Lipinski definition) is 5. The first-order valence-electron chi connectivity index (χ1n) is 7.32. The van der Waals surface area contributed by atoms with E-state index in [4.69, 9.17) is 4.55 Å². The monoisotopic (exact) mass is 436 g/mol. The fourth-order valence-electron chi connectivity index (χ4n) is 2.22. The maximum atomic E-state index is 12.6. The van der Waals surface area contributed by atoms with Gasteiger partial charge in [-0.15, -0.1) is 5.11 Å². The van der Waals surface area contributed by atoms with E-state index in [0.29, 0.717) is 17.1 Å². The van der Waals surface area contributed by atoms with Crippen molar-refractivity contribution in [2.45, 2.75) is 11.8 Å².